The molecule has 0 N–H and O–H groups in total. The first-order valence-corrected chi connectivity index (χ1v) is 6.91. The Morgan fingerprint density at radius 3 is 1.07 bits per heavy atom. The van der Waals surface area contributed by atoms with Gasteiger partial charge in [-0.25, -0.2) is 0 Å². The molecule has 96 valence electrons. The minimum atomic E-state index is -9.38. The third kappa shape index (κ3) is 4.17. The lowest BCUT2D eigenvalue weighted by Gasteiger charge is -2.52. The second-order valence-corrected chi connectivity index (χ2v) is 7.44. The Hall–Kier alpha value is -0.0000000000000000555. The van der Waals surface area contributed by atoms with E-state index >= 15 is 0 Å². The van der Waals surface area contributed by atoms with Crippen molar-refractivity contribution in [2.24, 2.45) is 17.8 Å². The number of hydrogen-bond donors (Lipinski definition) is 0. The molecular formula is C9H19F5S. The van der Waals surface area contributed by atoms with Crippen LogP contribution in [-0.2, 0) is 0 Å². The molecule has 2 atom stereocenters. The van der Waals surface area contributed by atoms with Crippen LogP contribution in [0.5, 0.6) is 0 Å². The summed E-state index contributed by atoms with van der Waals surface area (Å²) < 4.78 is 63.7. The van der Waals surface area contributed by atoms with Crippen LogP contribution in [0.3, 0.4) is 0 Å². The quantitative estimate of drug-likeness (QED) is 0.573. The Balaban J connectivity index is 5.38. The number of halogens is 5. The zero-order valence-corrected chi connectivity index (χ0v) is 10.4. The van der Waals surface area contributed by atoms with Gasteiger partial charge in [0.15, 0.2) is 0 Å². The number of hydrogen-bond acceptors (Lipinski definition) is 0. The van der Waals surface area contributed by atoms with Crippen molar-refractivity contribution in [1.29, 1.82) is 0 Å². The van der Waals surface area contributed by atoms with E-state index in [0.717, 1.165) is 0 Å². The van der Waals surface area contributed by atoms with Gasteiger partial charge in [-0.2, -0.15) is 0 Å². The number of rotatable bonds is 4. The lowest BCUT2D eigenvalue weighted by Crippen LogP contribution is -2.38. The van der Waals surface area contributed by atoms with Crippen LogP contribution in [-0.4, -0.2) is 5.25 Å². The summed E-state index contributed by atoms with van der Waals surface area (Å²) >= 11 is 0. The molecule has 0 aliphatic heterocycles. The van der Waals surface area contributed by atoms with Crippen LogP contribution in [0.4, 0.5) is 19.4 Å². The Bertz CT molecular complexity index is 226. The summed E-state index contributed by atoms with van der Waals surface area (Å²) in [5, 5.41) is -2.50. The van der Waals surface area contributed by atoms with Crippen molar-refractivity contribution < 1.29 is 19.4 Å². The summed E-state index contributed by atoms with van der Waals surface area (Å²) in [5.41, 5.74) is 0. The van der Waals surface area contributed by atoms with Crippen molar-refractivity contribution in [1.82, 2.24) is 0 Å². The van der Waals surface area contributed by atoms with Crippen LogP contribution in [0, 0.1) is 17.8 Å². The summed E-state index contributed by atoms with van der Waals surface area (Å²) in [5.74, 6) is -2.58. The molecule has 0 rings (SSSR count). The van der Waals surface area contributed by atoms with E-state index in [4.69, 9.17) is 0 Å². The van der Waals surface area contributed by atoms with Crippen LogP contribution in [0.25, 0.3) is 0 Å². The predicted octanol–water partition coefficient (Wildman–Crippen LogP) is 5.60. The van der Waals surface area contributed by atoms with E-state index in [9.17, 15) is 19.4 Å². The highest BCUT2D eigenvalue weighted by Gasteiger charge is 2.71. The lowest BCUT2D eigenvalue weighted by atomic mass is 9.89. The fourth-order valence-corrected chi connectivity index (χ4v) is 4.06. The second-order valence-electron chi connectivity index (χ2n) is 4.84. The minimum absolute atomic E-state index is 0.416. The zero-order chi connectivity index (χ0) is 12.7. The minimum Gasteiger partial charge on any atom is -0.0975 e. The monoisotopic (exact) mass is 254 g/mol. The summed E-state index contributed by atoms with van der Waals surface area (Å²) in [7, 11) is -9.38. The largest absolute Gasteiger partial charge is 0.288 e. The van der Waals surface area contributed by atoms with Crippen molar-refractivity contribution in [3.63, 3.8) is 0 Å². The first kappa shape index (κ1) is 15.0. The molecule has 0 heterocycles. The van der Waals surface area contributed by atoms with Crippen molar-refractivity contribution >= 4 is 10.2 Å². The molecule has 0 saturated heterocycles. The maximum Gasteiger partial charge on any atom is 0.288 e. The first-order chi connectivity index (χ1) is 6.16. The van der Waals surface area contributed by atoms with Crippen molar-refractivity contribution in [3.05, 3.63) is 0 Å². The lowest BCUT2D eigenvalue weighted by molar-refractivity contribution is 0.255. The molecule has 6 heteroatoms. The topological polar surface area (TPSA) is 0 Å². The van der Waals surface area contributed by atoms with Gasteiger partial charge in [-0.3, -0.25) is 0 Å². The summed E-state index contributed by atoms with van der Waals surface area (Å²) in [6.45, 7) is 6.70. The standard InChI is InChI=1S/C9H19F5S/c1-6(2)8(5)9(7(3)4)15(10,11,12,13)14/h6-9H,1-5H3. The maximum absolute atomic E-state index is 12.7. The highest BCUT2D eigenvalue weighted by atomic mass is 32.5. The molecule has 0 saturated carbocycles. The first-order valence-electron chi connectivity index (χ1n) is 4.89. The molecule has 0 fully saturated rings. The molecule has 0 aromatic carbocycles. The van der Waals surface area contributed by atoms with Crippen LogP contribution in [0.1, 0.15) is 34.6 Å². The maximum atomic E-state index is 12.7. The van der Waals surface area contributed by atoms with Gasteiger partial charge in [-0.1, -0.05) is 54.0 Å². The Labute approximate surface area is 88.0 Å². The second kappa shape index (κ2) is 3.25. The molecule has 0 spiro atoms. The third-order valence-corrected chi connectivity index (χ3v) is 4.74. The van der Waals surface area contributed by atoms with Crippen LogP contribution in [0.2, 0.25) is 0 Å². The van der Waals surface area contributed by atoms with Gasteiger partial charge in [-0.05, 0) is 17.8 Å². The van der Waals surface area contributed by atoms with Gasteiger partial charge >= 0.3 is 0 Å². The van der Waals surface area contributed by atoms with Gasteiger partial charge in [0.25, 0.3) is 10.2 Å². The molecule has 0 radical (unpaired) electrons. The molecule has 0 aromatic rings. The Morgan fingerprint density at radius 1 is 0.667 bits per heavy atom. The molecule has 0 nitrogen and oxygen atoms in total. The molecule has 0 aliphatic carbocycles. The summed E-state index contributed by atoms with van der Waals surface area (Å²) in [4.78, 5) is 0. The van der Waals surface area contributed by atoms with E-state index < -0.39 is 33.2 Å². The van der Waals surface area contributed by atoms with E-state index in [-0.39, 0.29) is 0 Å². The normalized spacial score (nSPS) is 22.4. The van der Waals surface area contributed by atoms with Gasteiger partial charge < -0.3 is 0 Å². The van der Waals surface area contributed by atoms with Crippen molar-refractivity contribution in [2.45, 2.75) is 39.9 Å². The van der Waals surface area contributed by atoms with E-state index in [2.05, 4.69) is 0 Å². The van der Waals surface area contributed by atoms with Crippen LogP contribution in [0.15, 0.2) is 0 Å². The van der Waals surface area contributed by atoms with Gasteiger partial charge in [-0.15, -0.1) is 0 Å². The van der Waals surface area contributed by atoms with E-state index in [1.54, 1.807) is 0 Å². The highest BCUT2D eigenvalue weighted by Crippen LogP contribution is 3.01. The van der Waals surface area contributed by atoms with Crippen LogP contribution < -0.4 is 0 Å². The van der Waals surface area contributed by atoms with E-state index in [0.29, 0.717) is 0 Å². The van der Waals surface area contributed by atoms with Crippen LogP contribution >= 0.6 is 10.2 Å². The SMILES string of the molecule is CC(C)C(C)C(C(C)C)S(F)(F)(F)(F)F. The average Bonchev–Trinajstić information content (AvgIpc) is 1.78. The molecular weight excluding hydrogens is 235 g/mol. The van der Waals surface area contributed by atoms with Gasteiger partial charge in [0.1, 0.15) is 5.25 Å². The van der Waals surface area contributed by atoms with E-state index in [1.807, 2.05) is 0 Å². The fraction of sp³-hybridized carbons (Fsp3) is 1.00. The summed E-state index contributed by atoms with van der Waals surface area (Å²) in [6.07, 6.45) is 0. The smallest absolute Gasteiger partial charge is 0.0975 e. The summed E-state index contributed by atoms with van der Waals surface area (Å²) in [6, 6.07) is 0. The molecule has 15 heavy (non-hydrogen) atoms. The van der Waals surface area contributed by atoms with Gasteiger partial charge in [0.05, 0.1) is 0 Å². The third-order valence-electron chi connectivity index (χ3n) is 2.74. The van der Waals surface area contributed by atoms with Gasteiger partial charge in [0.2, 0.25) is 0 Å². The van der Waals surface area contributed by atoms with E-state index in [1.165, 1.54) is 34.6 Å². The molecule has 2 unspecified atom stereocenters. The average molecular weight is 254 g/mol. The highest BCUT2D eigenvalue weighted by molar-refractivity contribution is 8.46. The molecule has 0 aliphatic rings. The molecule has 0 aromatic heterocycles. The Kier molecular flexibility index (Phi) is 3.25. The zero-order valence-electron chi connectivity index (χ0n) is 9.61. The van der Waals surface area contributed by atoms with Gasteiger partial charge in [0, 0.05) is 0 Å². The predicted molar refractivity (Wildman–Crippen MR) is 55.8 cm³/mol. The fourth-order valence-electron chi connectivity index (χ4n) is 1.91. The van der Waals surface area contributed by atoms with Crippen molar-refractivity contribution in [3.8, 4) is 0 Å². The molecule has 0 bridgehead atoms. The molecule has 0 amide bonds. The Morgan fingerprint density at radius 2 is 1.00 bits per heavy atom. The van der Waals surface area contributed by atoms with Crippen molar-refractivity contribution in [2.75, 3.05) is 0 Å².